The molecule has 1 aromatic rings. The minimum atomic E-state index is 0.794. The quantitative estimate of drug-likeness (QED) is 0.686. The van der Waals surface area contributed by atoms with Crippen molar-refractivity contribution in [2.75, 3.05) is 20.1 Å². The summed E-state index contributed by atoms with van der Waals surface area (Å²) >= 11 is 6.26. The minimum Gasteiger partial charge on any atom is -0.306 e. The molecule has 0 bridgehead atoms. The van der Waals surface area contributed by atoms with E-state index in [4.69, 9.17) is 11.6 Å². The highest BCUT2D eigenvalue weighted by Gasteiger charge is 2.43. The zero-order valence-electron chi connectivity index (χ0n) is 12.3. The monoisotopic (exact) mass is 289 g/mol. The second-order valence-corrected chi connectivity index (χ2v) is 7.64. The Bertz CT molecular complexity index is 512. The van der Waals surface area contributed by atoms with E-state index < -0.39 is 0 Å². The molecule has 0 N–H and O–H groups in total. The summed E-state index contributed by atoms with van der Waals surface area (Å²) in [5.74, 6) is 3.64. The number of rotatable bonds is 0. The molecule has 2 heteroatoms. The average molecular weight is 290 g/mol. The number of benzene rings is 1. The molecule has 1 saturated carbocycles. The van der Waals surface area contributed by atoms with Crippen LogP contribution < -0.4 is 0 Å². The van der Waals surface area contributed by atoms with Crippen LogP contribution in [0.3, 0.4) is 0 Å². The molecule has 2 fully saturated rings. The molecule has 0 aromatic heterocycles. The first-order valence-electron chi connectivity index (χ1n) is 8.19. The molecular formula is C18H24ClN. The van der Waals surface area contributed by atoms with Crippen LogP contribution >= 0.6 is 11.6 Å². The zero-order valence-corrected chi connectivity index (χ0v) is 13.1. The van der Waals surface area contributed by atoms with Gasteiger partial charge in [0, 0.05) is 11.6 Å². The van der Waals surface area contributed by atoms with Gasteiger partial charge in [0.15, 0.2) is 0 Å². The first kappa shape index (κ1) is 13.2. The summed E-state index contributed by atoms with van der Waals surface area (Å²) in [6, 6.07) is 6.61. The Labute approximate surface area is 127 Å². The van der Waals surface area contributed by atoms with Crippen LogP contribution in [0, 0.1) is 17.8 Å². The van der Waals surface area contributed by atoms with Crippen molar-refractivity contribution in [1.29, 1.82) is 0 Å². The molecule has 4 atom stereocenters. The van der Waals surface area contributed by atoms with Gasteiger partial charge in [-0.3, -0.25) is 0 Å². The Morgan fingerprint density at radius 1 is 1.10 bits per heavy atom. The van der Waals surface area contributed by atoms with E-state index in [1.54, 1.807) is 11.1 Å². The molecule has 2 aliphatic carbocycles. The SMILES string of the molecule is CN1CC[C@@H]2[C@H](CC[C@H]3c4cc(Cl)ccc4CC[C@@H]23)C1. The minimum absolute atomic E-state index is 0.794. The smallest absolute Gasteiger partial charge is 0.0409 e. The first-order chi connectivity index (χ1) is 9.72. The van der Waals surface area contributed by atoms with Crippen molar-refractivity contribution >= 4 is 11.6 Å². The van der Waals surface area contributed by atoms with Crippen LogP contribution in [-0.2, 0) is 6.42 Å². The summed E-state index contributed by atoms with van der Waals surface area (Å²) in [5, 5.41) is 0.926. The Morgan fingerprint density at radius 2 is 2.00 bits per heavy atom. The summed E-state index contributed by atoms with van der Waals surface area (Å²) in [6.45, 7) is 2.63. The molecule has 20 heavy (non-hydrogen) atoms. The lowest BCUT2D eigenvalue weighted by molar-refractivity contribution is 0.0385. The number of halogens is 1. The van der Waals surface area contributed by atoms with E-state index in [0.29, 0.717) is 0 Å². The molecule has 4 rings (SSSR count). The molecular weight excluding hydrogens is 266 g/mol. The zero-order chi connectivity index (χ0) is 13.7. The molecule has 0 spiro atoms. The number of likely N-dealkylation sites (tertiary alicyclic amines) is 1. The fraction of sp³-hybridized carbons (Fsp3) is 0.667. The van der Waals surface area contributed by atoms with Gasteiger partial charge in [-0.2, -0.15) is 0 Å². The van der Waals surface area contributed by atoms with Crippen molar-refractivity contribution in [1.82, 2.24) is 4.90 Å². The molecule has 1 aliphatic heterocycles. The van der Waals surface area contributed by atoms with Crippen molar-refractivity contribution in [3.63, 3.8) is 0 Å². The lowest BCUT2D eigenvalue weighted by Crippen LogP contribution is -2.46. The van der Waals surface area contributed by atoms with Crippen molar-refractivity contribution in [3.8, 4) is 0 Å². The third kappa shape index (κ3) is 2.10. The summed E-state index contributed by atoms with van der Waals surface area (Å²) < 4.78 is 0. The largest absolute Gasteiger partial charge is 0.306 e. The van der Waals surface area contributed by atoms with E-state index in [-0.39, 0.29) is 0 Å². The van der Waals surface area contributed by atoms with E-state index in [2.05, 4.69) is 30.1 Å². The highest BCUT2D eigenvalue weighted by Crippen LogP contribution is 2.52. The van der Waals surface area contributed by atoms with Crippen molar-refractivity contribution in [2.45, 2.75) is 38.0 Å². The Morgan fingerprint density at radius 3 is 2.90 bits per heavy atom. The number of nitrogens with zero attached hydrogens (tertiary/aromatic N) is 1. The van der Waals surface area contributed by atoms with Crippen molar-refractivity contribution in [3.05, 3.63) is 34.3 Å². The summed E-state index contributed by atoms with van der Waals surface area (Å²) in [5.41, 5.74) is 3.16. The molecule has 1 saturated heterocycles. The fourth-order valence-electron chi connectivity index (χ4n) is 5.27. The van der Waals surface area contributed by atoms with Crippen LogP contribution in [0.5, 0.6) is 0 Å². The number of piperidine rings is 1. The highest BCUT2D eigenvalue weighted by molar-refractivity contribution is 6.30. The molecule has 1 aromatic carbocycles. The van der Waals surface area contributed by atoms with E-state index in [1.165, 1.54) is 45.2 Å². The maximum atomic E-state index is 6.26. The Kier molecular flexibility index (Phi) is 3.31. The normalized spacial score (nSPS) is 36.9. The molecule has 0 amide bonds. The third-order valence-electron chi connectivity index (χ3n) is 6.17. The standard InChI is InChI=1S/C18H24ClN/c1-20-9-8-15-13(11-20)4-7-17-16(15)6-3-12-2-5-14(19)10-18(12)17/h2,5,10,13,15-17H,3-4,6-9,11H2,1H3/t13-,15-,16+,17-/m1/s1. The van der Waals surface area contributed by atoms with E-state index in [1.807, 2.05) is 0 Å². The molecule has 1 nitrogen and oxygen atoms in total. The van der Waals surface area contributed by atoms with Crippen molar-refractivity contribution in [2.24, 2.45) is 17.8 Å². The number of aryl methyl sites for hydroxylation is 1. The molecule has 3 aliphatic rings. The van der Waals surface area contributed by atoms with E-state index >= 15 is 0 Å². The maximum Gasteiger partial charge on any atom is 0.0409 e. The van der Waals surface area contributed by atoms with Gasteiger partial charge in [-0.1, -0.05) is 17.7 Å². The van der Waals surface area contributed by atoms with Crippen LogP contribution in [0.25, 0.3) is 0 Å². The predicted molar refractivity (Wildman–Crippen MR) is 84.3 cm³/mol. The molecule has 1 heterocycles. The summed E-state index contributed by atoms with van der Waals surface area (Å²) in [4.78, 5) is 2.54. The lowest BCUT2D eigenvalue weighted by Gasteiger charge is -2.50. The number of fused-ring (bicyclic) bond motifs is 5. The van der Waals surface area contributed by atoms with Gasteiger partial charge in [0.05, 0.1) is 0 Å². The van der Waals surface area contributed by atoms with Gasteiger partial charge in [0.1, 0.15) is 0 Å². The predicted octanol–water partition coefficient (Wildman–Crippen LogP) is 4.35. The molecule has 108 valence electrons. The average Bonchev–Trinajstić information content (AvgIpc) is 2.46. The Balaban J connectivity index is 1.65. The number of hydrogen-bond acceptors (Lipinski definition) is 1. The van der Waals surface area contributed by atoms with Gasteiger partial charge in [-0.25, -0.2) is 0 Å². The first-order valence-corrected chi connectivity index (χ1v) is 8.57. The number of hydrogen-bond donors (Lipinski definition) is 0. The second kappa shape index (κ2) is 5.03. The van der Waals surface area contributed by atoms with Crippen LogP contribution in [0.1, 0.15) is 42.7 Å². The van der Waals surface area contributed by atoms with E-state index in [0.717, 1.165) is 28.7 Å². The highest BCUT2D eigenvalue weighted by atomic mass is 35.5. The van der Waals surface area contributed by atoms with Gasteiger partial charge in [0.2, 0.25) is 0 Å². The maximum absolute atomic E-state index is 6.26. The van der Waals surface area contributed by atoms with Gasteiger partial charge in [0.25, 0.3) is 0 Å². The molecule has 0 radical (unpaired) electrons. The topological polar surface area (TPSA) is 3.24 Å². The van der Waals surface area contributed by atoms with Crippen LogP contribution in [0.2, 0.25) is 5.02 Å². The van der Waals surface area contributed by atoms with Gasteiger partial charge in [-0.15, -0.1) is 0 Å². The summed E-state index contributed by atoms with van der Waals surface area (Å²) in [7, 11) is 2.29. The fourth-order valence-corrected chi connectivity index (χ4v) is 5.45. The summed E-state index contributed by atoms with van der Waals surface area (Å²) in [6.07, 6.45) is 6.89. The van der Waals surface area contributed by atoms with Crippen LogP contribution in [0.4, 0.5) is 0 Å². The van der Waals surface area contributed by atoms with Crippen molar-refractivity contribution < 1.29 is 0 Å². The van der Waals surface area contributed by atoms with E-state index in [9.17, 15) is 0 Å². The lowest BCUT2D eigenvalue weighted by atomic mass is 9.58. The van der Waals surface area contributed by atoms with Crippen LogP contribution in [-0.4, -0.2) is 25.0 Å². The molecule has 0 unspecified atom stereocenters. The van der Waals surface area contributed by atoms with Gasteiger partial charge >= 0.3 is 0 Å². The second-order valence-electron chi connectivity index (χ2n) is 7.20. The Hall–Kier alpha value is -0.530. The van der Waals surface area contributed by atoms with Crippen LogP contribution in [0.15, 0.2) is 18.2 Å². The van der Waals surface area contributed by atoms with Gasteiger partial charge in [-0.05, 0) is 92.6 Å². The third-order valence-corrected chi connectivity index (χ3v) is 6.40. The van der Waals surface area contributed by atoms with Gasteiger partial charge < -0.3 is 4.90 Å².